The van der Waals surface area contributed by atoms with Crippen LogP contribution in [0.3, 0.4) is 0 Å². The number of methoxy groups -OCH3 is 1. The number of carbonyl (C=O) groups excluding carboxylic acids is 1. The molecule has 1 rings (SSSR count). The summed E-state index contributed by atoms with van der Waals surface area (Å²) in [7, 11) is 1.37. The van der Waals surface area contributed by atoms with E-state index in [4.69, 9.17) is 5.21 Å². The molecule has 1 heterocycles. The molecule has 0 aromatic rings. The second-order valence-corrected chi connectivity index (χ2v) is 3.36. The SMILES string of the molecule is CCC1CN(C(=O)OC)CCC1=NO. The average Bonchev–Trinajstić information content (AvgIpc) is 2.26. The van der Waals surface area contributed by atoms with E-state index >= 15 is 0 Å². The molecule has 1 aliphatic heterocycles. The first-order chi connectivity index (χ1) is 6.72. The van der Waals surface area contributed by atoms with Gasteiger partial charge >= 0.3 is 6.09 Å². The van der Waals surface area contributed by atoms with Crippen LogP contribution in [0, 0.1) is 5.92 Å². The molecule has 0 radical (unpaired) electrons. The number of ether oxygens (including phenoxy) is 1. The third-order valence-corrected chi connectivity index (χ3v) is 2.60. The van der Waals surface area contributed by atoms with Gasteiger partial charge in [-0.3, -0.25) is 0 Å². The summed E-state index contributed by atoms with van der Waals surface area (Å²) >= 11 is 0. The van der Waals surface area contributed by atoms with E-state index in [1.807, 2.05) is 6.92 Å². The first kappa shape index (κ1) is 10.8. The lowest BCUT2D eigenvalue weighted by Crippen LogP contribution is -2.43. The highest BCUT2D eigenvalue weighted by molar-refractivity contribution is 5.88. The maximum absolute atomic E-state index is 11.2. The van der Waals surface area contributed by atoms with Crippen molar-refractivity contribution in [2.45, 2.75) is 19.8 Å². The largest absolute Gasteiger partial charge is 0.453 e. The van der Waals surface area contributed by atoms with Crippen LogP contribution in [-0.4, -0.2) is 42.1 Å². The van der Waals surface area contributed by atoms with E-state index in [0.717, 1.165) is 12.1 Å². The fourth-order valence-corrected chi connectivity index (χ4v) is 1.71. The van der Waals surface area contributed by atoms with Gasteiger partial charge < -0.3 is 14.8 Å². The van der Waals surface area contributed by atoms with Crippen molar-refractivity contribution in [3.63, 3.8) is 0 Å². The average molecular weight is 200 g/mol. The minimum absolute atomic E-state index is 0.160. The molecular weight excluding hydrogens is 184 g/mol. The van der Waals surface area contributed by atoms with E-state index in [1.165, 1.54) is 7.11 Å². The van der Waals surface area contributed by atoms with E-state index in [1.54, 1.807) is 4.90 Å². The van der Waals surface area contributed by atoms with Gasteiger partial charge in [-0.25, -0.2) is 4.79 Å². The molecule has 0 bridgehead atoms. The molecule has 14 heavy (non-hydrogen) atoms. The highest BCUT2D eigenvalue weighted by Crippen LogP contribution is 2.17. The van der Waals surface area contributed by atoms with Crippen LogP contribution >= 0.6 is 0 Å². The second-order valence-electron chi connectivity index (χ2n) is 3.36. The van der Waals surface area contributed by atoms with Gasteiger partial charge in [-0.15, -0.1) is 0 Å². The Hall–Kier alpha value is -1.26. The van der Waals surface area contributed by atoms with E-state index in [2.05, 4.69) is 9.89 Å². The Morgan fingerprint density at radius 2 is 2.50 bits per heavy atom. The van der Waals surface area contributed by atoms with Crippen molar-refractivity contribution in [2.75, 3.05) is 20.2 Å². The van der Waals surface area contributed by atoms with Crippen molar-refractivity contribution < 1.29 is 14.7 Å². The first-order valence-corrected chi connectivity index (χ1v) is 4.76. The van der Waals surface area contributed by atoms with Crippen LogP contribution in [0.15, 0.2) is 5.16 Å². The van der Waals surface area contributed by atoms with Gasteiger partial charge in [0.25, 0.3) is 0 Å². The second kappa shape index (κ2) is 4.83. The summed E-state index contributed by atoms with van der Waals surface area (Å²) in [5.74, 6) is 0.160. The predicted molar refractivity (Wildman–Crippen MR) is 51.6 cm³/mol. The van der Waals surface area contributed by atoms with Gasteiger partial charge in [0.05, 0.1) is 12.8 Å². The van der Waals surface area contributed by atoms with Gasteiger partial charge in [0, 0.05) is 25.4 Å². The standard InChI is InChI=1S/C9H16N2O3/c1-3-7-6-11(9(12)14-2)5-4-8(7)10-13/h7,13H,3-6H2,1-2H3. The molecule has 0 saturated carbocycles. The summed E-state index contributed by atoms with van der Waals surface area (Å²) in [6.45, 7) is 3.17. The lowest BCUT2D eigenvalue weighted by Gasteiger charge is -2.31. The molecule has 5 nitrogen and oxygen atoms in total. The van der Waals surface area contributed by atoms with E-state index in [-0.39, 0.29) is 12.0 Å². The van der Waals surface area contributed by atoms with Crippen LogP contribution < -0.4 is 0 Å². The van der Waals surface area contributed by atoms with E-state index in [0.29, 0.717) is 19.5 Å². The lowest BCUT2D eigenvalue weighted by molar-refractivity contribution is 0.116. The zero-order valence-electron chi connectivity index (χ0n) is 8.56. The molecule has 1 unspecified atom stereocenters. The number of nitrogens with zero attached hydrogens (tertiary/aromatic N) is 2. The number of carbonyl (C=O) groups is 1. The Labute approximate surface area is 83.3 Å². The van der Waals surface area contributed by atoms with Crippen LogP contribution in [-0.2, 0) is 4.74 Å². The lowest BCUT2D eigenvalue weighted by atomic mass is 9.93. The predicted octanol–water partition coefficient (Wildman–Crippen LogP) is 1.31. The maximum atomic E-state index is 11.2. The van der Waals surface area contributed by atoms with Crippen molar-refractivity contribution in [1.29, 1.82) is 0 Å². The quantitative estimate of drug-likeness (QED) is 0.513. The van der Waals surface area contributed by atoms with Gasteiger partial charge in [0.2, 0.25) is 0 Å². The Balaban J connectivity index is 2.61. The molecule has 80 valence electrons. The molecule has 0 aromatic carbocycles. The van der Waals surface area contributed by atoms with Crippen molar-refractivity contribution in [3.8, 4) is 0 Å². The maximum Gasteiger partial charge on any atom is 0.409 e. The van der Waals surface area contributed by atoms with Crippen LogP contribution in [0.25, 0.3) is 0 Å². The Morgan fingerprint density at radius 3 is 3.00 bits per heavy atom. The van der Waals surface area contributed by atoms with Crippen molar-refractivity contribution in [2.24, 2.45) is 11.1 Å². The number of hydrogen-bond donors (Lipinski definition) is 1. The Bertz CT molecular complexity index is 240. The number of piperidine rings is 1. The molecular formula is C9H16N2O3. The Morgan fingerprint density at radius 1 is 1.79 bits per heavy atom. The molecule has 0 spiro atoms. The summed E-state index contributed by atoms with van der Waals surface area (Å²) < 4.78 is 4.64. The number of amides is 1. The molecule has 0 aromatic heterocycles. The van der Waals surface area contributed by atoms with E-state index in [9.17, 15) is 4.79 Å². The third kappa shape index (κ3) is 2.16. The zero-order valence-corrected chi connectivity index (χ0v) is 8.56. The Kier molecular flexibility index (Phi) is 3.73. The smallest absolute Gasteiger partial charge is 0.409 e. The zero-order chi connectivity index (χ0) is 10.6. The number of rotatable bonds is 1. The van der Waals surface area contributed by atoms with Gasteiger partial charge in [-0.05, 0) is 6.42 Å². The van der Waals surface area contributed by atoms with Crippen LogP contribution in [0.5, 0.6) is 0 Å². The first-order valence-electron chi connectivity index (χ1n) is 4.76. The molecule has 1 saturated heterocycles. The van der Waals surface area contributed by atoms with Crippen LogP contribution in [0.1, 0.15) is 19.8 Å². The fourth-order valence-electron chi connectivity index (χ4n) is 1.71. The van der Waals surface area contributed by atoms with Gasteiger partial charge in [0.1, 0.15) is 0 Å². The van der Waals surface area contributed by atoms with Crippen LogP contribution in [0.4, 0.5) is 4.79 Å². The molecule has 1 atom stereocenters. The highest BCUT2D eigenvalue weighted by atomic mass is 16.5. The number of oxime groups is 1. The molecule has 5 heteroatoms. The van der Waals surface area contributed by atoms with Gasteiger partial charge in [-0.1, -0.05) is 12.1 Å². The minimum Gasteiger partial charge on any atom is -0.453 e. The minimum atomic E-state index is -0.305. The summed E-state index contributed by atoms with van der Waals surface area (Å²) in [5, 5.41) is 12.0. The van der Waals surface area contributed by atoms with Crippen molar-refractivity contribution in [1.82, 2.24) is 4.90 Å². The summed E-state index contributed by atoms with van der Waals surface area (Å²) in [6.07, 6.45) is 1.19. The fraction of sp³-hybridized carbons (Fsp3) is 0.778. The molecule has 1 fully saturated rings. The normalized spacial score (nSPS) is 25.1. The monoisotopic (exact) mass is 200 g/mol. The summed E-state index contributed by atoms with van der Waals surface area (Å²) in [5.41, 5.74) is 0.785. The molecule has 0 aliphatic carbocycles. The molecule has 1 aliphatic rings. The highest BCUT2D eigenvalue weighted by Gasteiger charge is 2.27. The van der Waals surface area contributed by atoms with Gasteiger partial charge in [0.15, 0.2) is 0 Å². The topological polar surface area (TPSA) is 62.1 Å². The van der Waals surface area contributed by atoms with Gasteiger partial charge in [-0.2, -0.15) is 0 Å². The van der Waals surface area contributed by atoms with Crippen molar-refractivity contribution in [3.05, 3.63) is 0 Å². The third-order valence-electron chi connectivity index (χ3n) is 2.60. The van der Waals surface area contributed by atoms with E-state index < -0.39 is 0 Å². The summed E-state index contributed by atoms with van der Waals surface area (Å²) in [4.78, 5) is 12.9. The van der Waals surface area contributed by atoms with Crippen molar-refractivity contribution >= 4 is 11.8 Å². The van der Waals surface area contributed by atoms with Crippen LogP contribution in [0.2, 0.25) is 0 Å². The molecule has 1 N–H and O–H groups in total. The molecule has 1 amide bonds. The number of hydrogen-bond acceptors (Lipinski definition) is 4. The number of likely N-dealkylation sites (tertiary alicyclic amines) is 1. The summed E-state index contributed by atoms with van der Waals surface area (Å²) in [6, 6.07) is 0.